The monoisotopic (exact) mass is 316 g/mol. The number of ether oxygens (including phenoxy) is 1. The maximum absolute atomic E-state index is 12.2. The Labute approximate surface area is 134 Å². The van der Waals surface area contributed by atoms with Gasteiger partial charge in [0.15, 0.2) is 5.13 Å². The third-order valence-corrected chi connectivity index (χ3v) is 5.01. The zero-order valence-corrected chi connectivity index (χ0v) is 13.7. The summed E-state index contributed by atoms with van der Waals surface area (Å²) in [6, 6.07) is 7.59. The van der Waals surface area contributed by atoms with Crippen molar-refractivity contribution in [3.05, 3.63) is 40.4 Å². The molecule has 0 saturated heterocycles. The van der Waals surface area contributed by atoms with Gasteiger partial charge in [-0.15, -0.1) is 11.3 Å². The van der Waals surface area contributed by atoms with Gasteiger partial charge in [0.1, 0.15) is 5.75 Å². The first-order valence-electron chi connectivity index (χ1n) is 7.56. The molecule has 0 saturated carbocycles. The number of carbonyl (C=O) groups excluding carboxylic acids is 1. The molecule has 1 aliphatic carbocycles. The number of hydrogen-bond acceptors (Lipinski definition) is 4. The van der Waals surface area contributed by atoms with Crippen LogP contribution >= 0.6 is 11.3 Å². The Morgan fingerprint density at radius 2 is 2.27 bits per heavy atom. The van der Waals surface area contributed by atoms with E-state index < -0.39 is 0 Å². The molecule has 0 radical (unpaired) electrons. The van der Waals surface area contributed by atoms with Crippen LogP contribution in [0.15, 0.2) is 24.3 Å². The fraction of sp³-hybridized carbons (Fsp3) is 0.412. The van der Waals surface area contributed by atoms with Gasteiger partial charge in [0.2, 0.25) is 5.91 Å². The standard InChI is InChI=1S/C17H20N2O2S/c1-11-7-8-13-15(9-11)22-17(18-13)19-16(20)10-12-5-3-4-6-14(12)21-2/h3-6,11H,7-10H2,1-2H3,(H,18,19,20). The molecule has 0 fully saturated rings. The van der Waals surface area contributed by atoms with Crippen molar-refractivity contribution in [2.24, 2.45) is 5.92 Å². The van der Waals surface area contributed by atoms with Crippen LogP contribution in [0, 0.1) is 5.92 Å². The topological polar surface area (TPSA) is 51.2 Å². The van der Waals surface area contributed by atoms with Crippen LogP contribution in [0.5, 0.6) is 5.75 Å². The van der Waals surface area contributed by atoms with Gasteiger partial charge >= 0.3 is 0 Å². The van der Waals surface area contributed by atoms with Crippen LogP contribution in [0.25, 0.3) is 0 Å². The normalized spacial score (nSPS) is 16.9. The zero-order chi connectivity index (χ0) is 15.5. The molecular weight excluding hydrogens is 296 g/mol. The van der Waals surface area contributed by atoms with Crippen LogP contribution in [0.1, 0.15) is 29.5 Å². The highest BCUT2D eigenvalue weighted by atomic mass is 32.1. The molecular formula is C17H20N2O2S. The molecule has 0 aliphatic heterocycles. The van der Waals surface area contributed by atoms with Crippen LogP contribution in [0.4, 0.5) is 5.13 Å². The van der Waals surface area contributed by atoms with Crippen LogP contribution in [-0.2, 0) is 24.1 Å². The molecule has 1 heterocycles. The largest absolute Gasteiger partial charge is 0.496 e. The fourth-order valence-corrected chi connectivity index (χ4v) is 3.97. The van der Waals surface area contributed by atoms with Crippen LogP contribution in [0.3, 0.4) is 0 Å². The van der Waals surface area contributed by atoms with Crippen molar-refractivity contribution in [1.29, 1.82) is 0 Å². The summed E-state index contributed by atoms with van der Waals surface area (Å²) < 4.78 is 5.28. The van der Waals surface area contributed by atoms with Gasteiger partial charge in [0.25, 0.3) is 0 Å². The fourth-order valence-electron chi connectivity index (χ4n) is 2.78. The Morgan fingerprint density at radius 3 is 3.09 bits per heavy atom. The zero-order valence-electron chi connectivity index (χ0n) is 12.9. The summed E-state index contributed by atoms with van der Waals surface area (Å²) in [4.78, 5) is 18.1. The minimum absolute atomic E-state index is 0.0522. The molecule has 0 spiro atoms. The van der Waals surface area contributed by atoms with E-state index in [9.17, 15) is 4.79 Å². The lowest BCUT2D eigenvalue weighted by molar-refractivity contribution is -0.115. The van der Waals surface area contributed by atoms with Crippen molar-refractivity contribution >= 4 is 22.4 Å². The molecule has 1 N–H and O–H groups in total. The molecule has 2 aromatic rings. The summed E-state index contributed by atoms with van der Waals surface area (Å²) >= 11 is 1.61. The van der Waals surface area contributed by atoms with Crippen molar-refractivity contribution in [2.45, 2.75) is 32.6 Å². The van der Waals surface area contributed by atoms with Gasteiger partial charge in [0.05, 0.1) is 19.2 Å². The molecule has 1 atom stereocenters. The number of aryl methyl sites for hydroxylation is 1. The number of para-hydroxylation sites is 1. The quantitative estimate of drug-likeness (QED) is 0.940. The Balaban J connectivity index is 1.67. The number of rotatable bonds is 4. The second kappa shape index (κ2) is 6.48. The number of amides is 1. The first-order chi connectivity index (χ1) is 10.7. The SMILES string of the molecule is COc1ccccc1CC(=O)Nc1nc2c(s1)CC(C)CC2. The number of anilines is 1. The molecule has 1 aromatic heterocycles. The number of carbonyl (C=O) groups is 1. The van der Waals surface area contributed by atoms with Gasteiger partial charge in [-0.25, -0.2) is 4.98 Å². The van der Waals surface area contributed by atoms with Crippen molar-refractivity contribution < 1.29 is 9.53 Å². The molecule has 1 unspecified atom stereocenters. The molecule has 5 heteroatoms. The minimum Gasteiger partial charge on any atom is -0.496 e. The van der Waals surface area contributed by atoms with E-state index >= 15 is 0 Å². The van der Waals surface area contributed by atoms with Gasteiger partial charge in [0, 0.05) is 10.4 Å². The molecule has 1 aromatic carbocycles. The third-order valence-electron chi connectivity index (χ3n) is 3.98. The van der Waals surface area contributed by atoms with E-state index in [0.29, 0.717) is 12.3 Å². The molecule has 3 rings (SSSR count). The first kappa shape index (κ1) is 15.0. The number of fused-ring (bicyclic) bond motifs is 1. The maximum atomic E-state index is 12.2. The summed E-state index contributed by atoms with van der Waals surface area (Å²) in [7, 11) is 1.62. The van der Waals surface area contributed by atoms with Crippen molar-refractivity contribution in [3.63, 3.8) is 0 Å². The molecule has 0 bridgehead atoms. The lowest BCUT2D eigenvalue weighted by atomic mass is 9.93. The summed E-state index contributed by atoms with van der Waals surface area (Å²) in [5, 5.41) is 3.65. The summed E-state index contributed by atoms with van der Waals surface area (Å²) in [5.41, 5.74) is 2.05. The van der Waals surface area contributed by atoms with E-state index in [-0.39, 0.29) is 5.91 Å². The number of hydrogen-bond donors (Lipinski definition) is 1. The maximum Gasteiger partial charge on any atom is 0.230 e. The van der Waals surface area contributed by atoms with Gasteiger partial charge < -0.3 is 10.1 Å². The number of benzene rings is 1. The van der Waals surface area contributed by atoms with Crippen molar-refractivity contribution in [3.8, 4) is 5.75 Å². The van der Waals surface area contributed by atoms with E-state index in [2.05, 4.69) is 17.2 Å². The Bertz CT molecular complexity index is 681. The smallest absolute Gasteiger partial charge is 0.230 e. The number of thiazole rings is 1. The van der Waals surface area contributed by atoms with Gasteiger partial charge in [-0.05, 0) is 31.2 Å². The lowest BCUT2D eigenvalue weighted by Gasteiger charge is -2.15. The van der Waals surface area contributed by atoms with Crippen LogP contribution < -0.4 is 10.1 Å². The molecule has 1 amide bonds. The number of nitrogens with one attached hydrogen (secondary N) is 1. The Kier molecular flexibility index (Phi) is 4.43. The Hall–Kier alpha value is -1.88. The van der Waals surface area contributed by atoms with E-state index in [1.807, 2.05) is 24.3 Å². The Morgan fingerprint density at radius 1 is 1.45 bits per heavy atom. The molecule has 116 valence electrons. The number of nitrogens with zero attached hydrogens (tertiary/aromatic N) is 1. The van der Waals surface area contributed by atoms with Crippen LogP contribution in [0.2, 0.25) is 0 Å². The highest BCUT2D eigenvalue weighted by Gasteiger charge is 2.20. The summed E-state index contributed by atoms with van der Waals surface area (Å²) in [6.45, 7) is 2.27. The highest BCUT2D eigenvalue weighted by molar-refractivity contribution is 7.15. The van der Waals surface area contributed by atoms with E-state index in [0.717, 1.165) is 35.0 Å². The summed E-state index contributed by atoms with van der Waals surface area (Å²) in [6.07, 6.45) is 3.58. The number of methoxy groups -OCH3 is 1. The van der Waals surface area contributed by atoms with Crippen molar-refractivity contribution in [1.82, 2.24) is 4.98 Å². The van der Waals surface area contributed by atoms with Crippen LogP contribution in [-0.4, -0.2) is 18.0 Å². The lowest BCUT2D eigenvalue weighted by Crippen LogP contribution is -2.14. The van der Waals surface area contributed by atoms with Crippen molar-refractivity contribution in [2.75, 3.05) is 12.4 Å². The summed E-state index contributed by atoms with van der Waals surface area (Å²) in [5.74, 6) is 1.40. The molecule has 4 nitrogen and oxygen atoms in total. The highest BCUT2D eigenvalue weighted by Crippen LogP contribution is 2.32. The second-order valence-electron chi connectivity index (χ2n) is 5.77. The first-order valence-corrected chi connectivity index (χ1v) is 8.37. The van der Waals surface area contributed by atoms with E-state index in [4.69, 9.17) is 4.74 Å². The van der Waals surface area contributed by atoms with Gasteiger partial charge in [-0.2, -0.15) is 0 Å². The average Bonchev–Trinajstić information content (AvgIpc) is 2.88. The van der Waals surface area contributed by atoms with E-state index in [1.165, 1.54) is 11.3 Å². The second-order valence-corrected chi connectivity index (χ2v) is 6.86. The van der Waals surface area contributed by atoms with Gasteiger partial charge in [-0.3, -0.25) is 4.79 Å². The third kappa shape index (κ3) is 3.30. The minimum atomic E-state index is -0.0522. The molecule has 22 heavy (non-hydrogen) atoms. The predicted octanol–water partition coefficient (Wildman–Crippen LogP) is 3.46. The van der Waals surface area contributed by atoms with E-state index in [1.54, 1.807) is 18.4 Å². The average molecular weight is 316 g/mol. The molecule has 1 aliphatic rings. The number of aromatic nitrogens is 1. The van der Waals surface area contributed by atoms with Gasteiger partial charge in [-0.1, -0.05) is 25.1 Å². The predicted molar refractivity (Wildman–Crippen MR) is 88.6 cm³/mol.